The van der Waals surface area contributed by atoms with E-state index in [2.05, 4.69) is 5.32 Å². The molecule has 0 aliphatic heterocycles. The second-order valence-corrected chi connectivity index (χ2v) is 5.52. The number of benzene rings is 1. The van der Waals surface area contributed by atoms with E-state index < -0.39 is 17.8 Å². The highest BCUT2D eigenvalue weighted by molar-refractivity contribution is 5.85. The van der Waals surface area contributed by atoms with E-state index in [1.54, 1.807) is 0 Å². The third kappa shape index (κ3) is 4.55. The summed E-state index contributed by atoms with van der Waals surface area (Å²) in [6.07, 6.45) is 6.20. The largest absolute Gasteiger partial charge is 0.494 e. The minimum absolute atomic E-state index is 0.0246. The summed E-state index contributed by atoms with van der Waals surface area (Å²) in [5.74, 6) is -2.25. The lowest BCUT2D eigenvalue weighted by molar-refractivity contribution is -0.142. The van der Waals surface area contributed by atoms with Crippen LogP contribution in [-0.2, 0) is 9.59 Å². The Hall–Kier alpha value is -2.37. The van der Waals surface area contributed by atoms with Crippen molar-refractivity contribution in [2.45, 2.75) is 38.1 Å². The fourth-order valence-electron chi connectivity index (χ4n) is 2.63. The first-order valence-corrected chi connectivity index (χ1v) is 7.54. The topological polar surface area (TPSA) is 75.6 Å². The number of carboxylic acid groups (broad SMARTS) is 1. The third-order valence-corrected chi connectivity index (χ3v) is 3.83. The van der Waals surface area contributed by atoms with Gasteiger partial charge in [0, 0.05) is 6.42 Å². The number of nitrogens with one attached hydrogen (secondary N) is 1. The van der Waals surface area contributed by atoms with Crippen molar-refractivity contribution in [1.82, 2.24) is 5.32 Å². The van der Waals surface area contributed by atoms with Crippen LogP contribution in [0.5, 0.6) is 5.75 Å². The first kappa shape index (κ1) is 17.0. The number of allylic oxidation sites excluding steroid dienone is 1. The molecule has 5 nitrogen and oxygen atoms in total. The average molecular weight is 321 g/mol. The lowest BCUT2D eigenvalue weighted by atomic mass is 9.96. The summed E-state index contributed by atoms with van der Waals surface area (Å²) in [5.41, 5.74) is 1.19. The molecule has 0 spiro atoms. The number of hydrogen-bond donors (Lipinski definition) is 2. The molecule has 1 aliphatic carbocycles. The lowest BCUT2D eigenvalue weighted by Gasteiger charge is -2.17. The van der Waals surface area contributed by atoms with Crippen LogP contribution >= 0.6 is 0 Å². The third-order valence-electron chi connectivity index (χ3n) is 3.83. The molecule has 0 heterocycles. The van der Waals surface area contributed by atoms with E-state index >= 15 is 0 Å². The second kappa shape index (κ2) is 7.76. The number of carbonyl (C=O) groups excluding carboxylic acids is 1. The maximum Gasteiger partial charge on any atom is 0.330 e. The van der Waals surface area contributed by atoms with Crippen LogP contribution in [0, 0.1) is 5.82 Å². The normalized spacial score (nSPS) is 15.5. The molecule has 1 aromatic carbocycles. The number of amides is 1. The van der Waals surface area contributed by atoms with Crippen LogP contribution in [0.4, 0.5) is 4.39 Å². The molecular weight excluding hydrogens is 301 g/mol. The highest BCUT2D eigenvalue weighted by Gasteiger charge is 2.23. The fourth-order valence-corrected chi connectivity index (χ4v) is 2.63. The molecule has 0 fully saturated rings. The minimum Gasteiger partial charge on any atom is -0.494 e. The predicted octanol–water partition coefficient (Wildman–Crippen LogP) is 2.97. The van der Waals surface area contributed by atoms with Gasteiger partial charge in [-0.3, -0.25) is 4.79 Å². The fraction of sp³-hybridized carbons (Fsp3) is 0.412. The van der Waals surface area contributed by atoms with Crippen molar-refractivity contribution in [3.8, 4) is 5.75 Å². The molecule has 0 radical (unpaired) electrons. The van der Waals surface area contributed by atoms with Crippen molar-refractivity contribution >= 4 is 11.9 Å². The minimum atomic E-state index is -1.29. The number of ether oxygens (including phenoxy) is 1. The van der Waals surface area contributed by atoms with Crippen LogP contribution in [0.15, 0.2) is 29.8 Å². The highest BCUT2D eigenvalue weighted by atomic mass is 19.1. The van der Waals surface area contributed by atoms with Crippen LogP contribution in [0.25, 0.3) is 0 Å². The summed E-state index contributed by atoms with van der Waals surface area (Å²) in [6.45, 7) is 0. The van der Waals surface area contributed by atoms with E-state index in [9.17, 15) is 19.1 Å². The maximum atomic E-state index is 13.7. The van der Waals surface area contributed by atoms with Gasteiger partial charge in [0.2, 0.25) is 5.91 Å². The molecule has 124 valence electrons. The Morgan fingerprint density at radius 2 is 2.17 bits per heavy atom. The Morgan fingerprint density at radius 1 is 1.39 bits per heavy atom. The van der Waals surface area contributed by atoms with Gasteiger partial charge in [0.1, 0.15) is 0 Å². The van der Waals surface area contributed by atoms with E-state index in [1.165, 1.54) is 19.2 Å². The summed E-state index contributed by atoms with van der Waals surface area (Å²) in [5, 5.41) is 11.8. The van der Waals surface area contributed by atoms with Crippen LogP contribution < -0.4 is 10.1 Å². The molecule has 1 atom stereocenters. The number of rotatable bonds is 6. The van der Waals surface area contributed by atoms with Gasteiger partial charge in [0.15, 0.2) is 17.6 Å². The van der Waals surface area contributed by atoms with Crippen LogP contribution in [0.2, 0.25) is 0 Å². The molecule has 1 aromatic rings. The van der Waals surface area contributed by atoms with E-state index in [0.29, 0.717) is 0 Å². The molecule has 0 aromatic heterocycles. The summed E-state index contributed by atoms with van der Waals surface area (Å²) in [7, 11) is 1.33. The van der Waals surface area contributed by atoms with Gasteiger partial charge in [-0.2, -0.15) is 0 Å². The molecule has 1 unspecified atom stereocenters. The van der Waals surface area contributed by atoms with Crippen molar-refractivity contribution < 1.29 is 23.8 Å². The zero-order chi connectivity index (χ0) is 16.8. The number of carbonyl (C=O) groups is 2. The summed E-state index contributed by atoms with van der Waals surface area (Å²) < 4.78 is 18.5. The highest BCUT2D eigenvalue weighted by Crippen LogP contribution is 2.23. The zero-order valence-electron chi connectivity index (χ0n) is 13.0. The van der Waals surface area contributed by atoms with Gasteiger partial charge in [-0.15, -0.1) is 0 Å². The van der Waals surface area contributed by atoms with E-state index in [1.807, 2.05) is 6.08 Å². The standard InChI is InChI=1S/C17H20FNO4/c1-23-14-8-7-12(10-13(14)18)16(17(21)22)19-15(20)9-11-5-3-2-4-6-11/h5,7-8,10,16H,2-4,6,9H2,1H3,(H,19,20)(H,21,22). The van der Waals surface area contributed by atoms with Crippen LogP contribution in [0.1, 0.15) is 43.7 Å². The summed E-state index contributed by atoms with van der Waals surface area (Å²) in [6, 6.07) is 2.56. The van der Waals surface area contributed by atoms with Gasteiger partial charge in [-0.05, 0) is 43.4 Å². The Kier molecular flexibility index (Phi) is 5.73. The molecule has 2 N–H and O–H groups in total. The van der Waals surface area contributed by atoms with E-state index in [-0.39, 0.29) is 23.6 Å². The molecule has 6 heteroatoms. The summed E-state index contributed by atoms with van der Waals surface area (Å²) >= 11 is 0. The molecule has 23 heavy (non-hydrogen) atoms. The van der Waals surface area contributed by atoms with Crippen molar-refractivity contribution in [2.24, 2.45) is 0 Å². The summed E-state index contributed by atoms with van der Waals surface area (Å²) in [4.78, 5) is 23.5. The number of methoxy groups -OCH3 is 1. The second-order valence-electron chi connectivity index (χ2n) is 5.52. The SMILES string of the molecule is COc1ccc(C(NC(=O)CC2=CCCCC2)C(=O)O)cc1F. The van der Waals surface area contributed by atoms with Crippen molar-refractivity contribution in [1.29, 1.82) is 0 Å². The number of hydrogen-bond acceptors (Lipinski definition) is 3. The van der Waals surface area contributed by atoms with Crippen LogP contribution in [0.3, 0.4) is 0 Å². The molecule has 1 amide bonds. The van der Waals surface area contributed by atoms with Gasteiger partial charge >= 0.3 is 5.97 Å². The molecule has 0 bridgehead atoms. The molecule has 0 saturated heterocycles. The predicted molar refractivity (Wildman–Crippen MR) is 82.6 cm³/mol. The lowest BCUT2D eigenvalue weighted by Crippen LogP contribution is -2.34. The van der Waals surface area contributed by atoms with Gasteiger partial charge in [0.05, 0.1) is 7.11 Å². The monoisotopic (exact) mass is 321 g/mol. The Morgan fingerprint density at radius 3 is 2.74 bits per heavy atom. The van der Waals surface area contributed by atoms with Gasteiger partial charge in [-0.1, -0.05) is 17.7 Å². The quantitative estimate of drug-likeness (QED) is 0.790. The first-order chi connectivity index (χ1) is 11.0. The average Bonchev–Trinajstić information content (AvgIpc) is 2.53. The van der Waals surface area contributed by atoms with Gasteiger partial charge in [-0.25, -0.2) is 9.18 Å². The van der Waals surface area contributed by atoms with Crippen molar-refractivity contribution in [3.05, 3.63) is 41.2 Å². The molecule has 1 aliphatic rings. The van der Waals surface area contributed by atoms with Gasteiger partial charge in [0.25, 0.3) is 0 Å². The first-order valence-electron chi connectivity index (χ1n) is 7.54. The Labute approximate surface area is 134 Å². The van der Waals surface area contributed by atoms with E-state index in [4.69, 9.17) is 4.74 Å². The van der Waals surface area contributed by atoms with Gasteiger partial charge < -0.3 is 15.2 Å². The molecular formula is C17H20FNO4. The Balaban J connectivity index is 2.09. The number of carboxylic acids is 1. The van der Waals surface area contributed by atoms with Crippen molar-refractivity contribution in [2.75, 3.05) is 7.11 Å². The van der Waals surface area contributed by atoms with Crippen LogP contribution in [-0.4, -0.2) is 24.1 Å². The van der Waals surface area contributed by atoms with E-state index in [0.717, 1.165) is 37.3 Å². The van der Waals surface area contributed by atoms with Crippen molar-refractivity contribution in [3.63, 3.8) is 0 Å². The maximum absolute atomic E-state index is 13.7. The Bertz CT molecular complexity index is 627. The number of aliphatic carboxylic acids is 1. The smallest absolute Gasteiger partial charge is 0.330 e. The molecule has 0 saturated carbocycles. The zero-order valence-corrected chi connectivity index (χ0v) is 13.0. The molecule has 2 rings (SSSR count). The number of halogens is 1.